The van der Waals surface area contributed by atoms with E-state index in [0.717, 1.165) is 11.0 Å². The fraction of sp³-hybridized carbons (Fsp3) is 0.429. The van der Waals surface area contributed by atoms with Gasteiger partial charge in [-0.15, -0.1) is 0 Å². The van der Waals surface area contributed by atoms with Gasteiger partial charge in [-0.25, -0.2) is 9.78 Å². The van der Waals surface area contributed by atoms with E-state index in [1.165, 1.54) is 0 Å². The quantitative estimate of drug-likeness (QED) is 0.670. The number of amides is 2. The van der Waals surface area contributed by atoms with E-state index in [2.05, 4.69) is 20.6 Å². The van der Waals surface area contributed by atoms with Crippen LogP contribution in [-0.4, -0.2) is 33.8 Å². The summed E-state index contributed by atoms with van der Waals surface area (Å²) in [5, 5.41) is 14.6. The van der Waals surface area contributed by atoms with Crippen molar-refractivity contribution in [1.82, 2.24) is 20.6 Å². The summed E-state index contributed by atoms with van der Waals surface area (Å²) in [6.07, 6.45) is 0.683. The Hall–Kier alpha value is -2.08. The van der Waals surface area contributed by atoms with Crippen molar-refractivity contribution in [2.24, 2.45) is 0 Å². The molecule has 108 valence electrons. The van der Waals surface area contributed by atoms with Crippen molar-refractivity contribution < 1.29 is 9.90 Å². The molecule has 0 saturated carbocycles. The van der Waals surface area contributed by atoms with Crippen LogP contribution in [0.25, 0.3) is 11.0 Å². The second-order valence-electron chi connectivity index (χ2n) is 4.77. The number of aliphatic hydroxyl groups is 1. The van der Waals surface area contributed by atoms with Gasteiger partial charge in [0.25, 0.3) is 0 Å². The molecule has 2 atom stereocenters. The summed E-state index contributed by atoms with van der Waals surface area (Å²) in [6.45, 7) is 3.70. The summed E-state index contributed by atoms with van der Waals surface area (Å²) in [7, 11) is 0. The van der Waals surface area contributed by atoms with Gasteiger partial charge in [-0.3, -0.25) is 0 Å². The van der Waals surface area contributed by atoms with Crippen LogP contribution in [0.3, 0.4) is 0 Å². The van der Waals surface area contributed by atoms with E-state index in [9.17, 15) is 4.79 Å². The molecule has 0 spiro atoms. The van der Waals surface area contributed by atoms with E-state index in [-0.39, 0.29) is 24.7 Å². The van der Waals surface area contributed by atoms with E-state index in [4.69, 9.17) is 5.11 Å². The van der Waals surface area contributed by atoms with Gasteiger partial charge in [0.15, 0.2) is 0 Å². The SMILES string of the molecule is CCC(CO)NC(=O)NC(C)c1nc2ccccc2[nH]1. The highest BCUT2D eigenvalue weighted by Gasteiger charge is 2.15. The topological polar surface area (TPSA) is 90.0 Å². The summed E-state index contributed by atoms with van der Waals surface area (Å²) in [5.41, 5.74) is 1.82. The van der Waals surface area contributed by atoms with Crippen molar-refractivity contribution in [1.29, 1.82) is 0 Å². The van der Waals surface area contributed by atoms with Crippen LogP contribution in [0, 0.1) is 0 Å². The third kappa shape index (κ3) is 3.27. The van der Waals surface area contributed by atoms with E-state index in [0.29, 0.717) is 12.2 Å². The number of fused-ring (bicyclic) bond motifs is 1. The molecule has 0 aliphatic rings. The average Bonchev–Trinajstić information content (AvgIpc) is 2.88. The Morgan fingerprint density at radius 1 is 1.40 bits per heavy atom. The fourth-order valence-corrected chi connectivity index (χ4v) is 1.95. The van der Waals surface area contributed by atoms with Gasteiger partial charge in [0.1, 0.15) is 5.82 Å². The Labute approximate surface area is 117 Å². The number of nitrogens with zero attached hydrogens (tertiary/aromatic N) is 1. The van der Waals surface area contributed by atoms with Gasteiger partial charge < -0.3 is 20.7 Å². The summed E-state index contributed by atoms with van der Waals surface area (Å²) < 4.78 is 0. The first kappa shape index (κ1) is 14.3. The number of imidazole rings is 1. The van der Waals surface area contributed by atoms with Crippen molar-refractivity contribution in [2.75, 3.05) is 6.61 Å². The molecule has 1 heterocycles. The molecule has 20 heavy (non-hydrogen) atoms. The zero-order valence-electron chi connectivity index (χ0n) is 11.7. The van der Waals surface area contributed by atoms with Gasteiger partial charge in [-0.05, 0) is 25.5 Å². The zero-order chi connectivity index (χ0) is 14.5. The van der Waals surface area contributed by atoms with Crippen molar-refractivity contribution in [3.63, 3.8) is 0 Å². The molecule has 0 saturated heterocycles. The lowest BCUT2D eigenvalue weighted by atomic mass is 10.2. The summed E-state index contributed by atoms with van der Waals surface area (Å²) in [5.74, 6) is 0.707. The first-order valence-electron chi connectivity index (χ1n) is 6.76. The maximum atomic E-state index is 11.8. The third-order valence-electron chi connectivity index (χ3n) is 3.21. The molecule has 2 aromatic rings. The van der Waals surface area contributed by atoms with E-state index in [1.54, 1.807) is 0 Å². The Morgan fingerprint density at radius 3 is 2.80 bits per heavy atom. The molecule has 1 aromatic heterocycles. The minimum absolute atomic E-state index is 0.0665. The molecular weight excluding hydrogens is 256 g/mol. The second kappa shape index (κ2) is 6.38. The number of aromatic amines is 1. The lowest BCUT2D eigenvalue weighted by Gasteiger charge is -2.17. The van der Waals surface area contributed by atoms with Crippen LogP contribution < -0.4 is 10.6 Å². The molecule has 0 radical (unpaired) electrons. The standard InChI is InChI=1S/C14H20N4O2/c1-3-10(8-19)16-14(20)15-9(2)13-17-11-6-4-5-7-12(11)18-13/h4-7,9-10,19H,3,8H2,1-2H3,(H,17,18)(H2,15,16,20). The Balaban J connectivity index is 2.00. The monoisotopic (exact) mass is 276 g/mol. The zero-order valence-corrected chi connectivity index (χ0v) is 11.7. The number of H-pyrrole nitrogens is 1. The number of hydrogen-bond donors (Lipinski definition) is 4. The van der Waals surface area contributed by atoms with Crippen LogP contribution in [0.15, 0.2) is 24.3 Å². The molecule has 1 aromatic carbocycles. The Kier molecular flexibility index (Phi) is 4.57. The number of nitrogens with one attached hydrogen (secondary N) is 3. The van der Waals surface area contributed by atoms with Gasteiger partial charge in [0.05, 0.1) is 29.7 Å². The molecule has 0 fully saturated rings. The molecule has 2 rings (SSSR count). The number of rotatable bonds is 5. The minimum atomic E-state index is -0.307. The van der Waals surface area contributed by atoms with Gasteiger partial charge in [0, 0.05) is 0 Å². The molecule has 0 aliphatic heterocycles. The number of urea groups is 1. The van der Waals surface area contributed by atoms with Crippen molar-refractivity contribution >= 4 is 17.1 Å². The predicted molar refractivity (Wildman–Crippen MR) is 77.3 cm³/mol. The number of carbonyl (C=O) groups is 1. The van der Waals surface area contributed by atoms with Crippen molar-refractivity contribution in [2.45, 2.75) is 32.4 Å². The van der Waals surface area contributed by atoms with Gasteiger partial charge in [0.2, 0.25) is 0 Å². The van der Waals surface area contributed by atoms with Crippen LogP contribution in [0.4, 0.5) is 4.79 Å². The molecular formula is C14H20N4O2. The minimum Gasteiger partial charge on any atom is -0.394 e. The lowest BCUT2D eigenvalue weighted by molar-refractivity contribution is 0.212. The van der Waals surface area contributed by atoms with Crippen LogP contribution in [0.1, 0.15) is 32.1 Å². The molecule has 6 nitrogen and oxygen atoms in total. The largest absolute Gasteiger partial charge is 0.394 e. The molecule has 2 unspecified atom stereocenters. The number of aliphatic hydroxyl groups excluding tert-OH is 1. The fourth-order valence-electron chi connectivity index (χ4n) is 1.95. The summed E-state index contributed by atoms with van der Waals surface area (Å²) >= 11 is 0. The van der Waals surface area contributed by atoms with Gasteiger partial charge >= 0.3 is 6.03 Å². The molecule has 0 bridgehead atoms. The number of carbonyl (C=O) groups excluding carboxylic acids is 1. The highest BCUT2D eigenvalue weighted by atomic mass is 16.3. The second-order valence-corrected chi connectivity index (χ2v) is 4.77. The number of hydrogen-bond acceptors (Lipinski definition) is 3. The Morgan fingerprint density at radius 2 is 2.15 bits per heavy atom. The summed E-state index contributed by atoms with van der Waals surface area (Å²) in [6, 6.07) is 6.95. The van der Waals surface area contributed by atoms with Gasteiger partial charge in [-0.1, -0.05) is 19.1 Å². The van der Waals surface area contributed by atoms with E-state index in [1.807, 2.05) is 38.1 Å². The lowest BCUT2D eigenvalue weighted by Crippen LogP contribution is -2.44. The maximum absolute atomic E-state index is 11.8. The first-order chi connectivity index (χ1) is 9.63. The molecule has 0 aliphatic carbocycles. The van der Waals surface area contributed by atoms with Crippen LogP contribution in [0.2, 0.25) is 0 Å². The highest BCUT2D eigenvalue weighted by Crippen LogP contribution is 2.15. The highest BCUT2D eigenvalue weighted by molar-refractivity contribution is 5.76. The molecule has 6 heteroatoms. The van der Waals surface area contributed by atoms with Crippen LogP contribution in [0.5, 0.6) is 0 Å². The Bertz CT molecular complexity index is 544. The molecule has 4 N–H and O–H groups in total. The predicted octanol–water partition coefficient (Wildman–Crippen LogP) is 1.69. The smallest absolute Gasteiger partial charge is 0.315 e. The van der Waals surface area contributed by atoms with Crippen molar-refractivity contribution in [3.05, 3.63) is 30.1 Å². The third-order valence-corrected chi connectivity index (χ3v) is 3.21. The van der Waals surface area contributed by atoms with Crippen LogP contribution >= 0.6 is 0 Å². The van der Waals surface area contributed by atoms with E-state index < -0.39 is 0 Å². The molecule has 2 amide bonds. The number of para-hydroxylation sites is 2. The van der Waals surface area contributed by atoms with Gasteiger partial charge in [-0.2, -0.15) is 0 Å². The average molecular weight is 276 g/mol. The first-order valence-corrected chi connectivity index (χ1v) is 6.76. The summed E-state index contributed by atoms with van der Waals surface area (Å²) in [4.78, 5) is 19.4. The maximum Gasteiger partial charge on any atom is 0.315 e. The number of aromatic nitrogens is 2. The normalized spacial score (nSPS) is 13.9. The van der Waals surface area contributed by atoms with Crippen LogP contribution in [-0.2, 0) is 0 Å². The van der Waals surface area contributed by atoms with E-state index >= 15 is 0 Å². The number of benzene rings is 1. The van der Waals surface area contributed by atoms with Crippen molar-refractivity contribution in [3.8, 4) is 0 Å².